The lowest BCUT2D eigenvalue weighted by molar-refractivity contribution is -0.117. The Hall–Kier alpha value is -3.85. The number of fused-ring (bicyclic) bond motifs is 1. The van der Waals surface area contributed by atoms with E-state index >= 15 is 0 Å². The van der Waals surface area contributed by atoms with Crippen molar-refractivity contribution < 1.29 is 17.6 Å². The Morgan fingerprint density at radius 2 is 1.82 bits per heavy atom. The molecule has 2 aromatic carbocycles. The van der Waals surface area contributed by atoms with Crippen molar-refractivity contribution in [3.8, 4) is 0 Å². The van der Waals surface area contributed by atoms with Crippen LogP contribution in [0, 0.1) is 11.7 Å². The summed E-state index contributed by atoms with van der Waals surface area (Å²) in [5, 5.41) is 3.73. The molecule has 1 fully saturated rings. The molecule has 2 aromatic heterocycles. The summed E-state index contributed by atoms with van der Waals surface area (Å²) < 4.78 is 42.3. The fourth-order valence-electron chi connectivity index (χ4n) is 3.82. The molecule has 0 saturated heterocycles. The molecule has 2 heterocycles. The summed E-state index contributed by atoms with van der Waals surface area (Å²) in [5.74, 6) is -0.862. The maximum Gasteiger partial charge on any atom is 0.263 e. The second-order valence-electron chi connectivity index (χ2n) is 7.85. The number of benzene rings is 2. The number of aromatic nitrogens is 2. The molecule has 33 heavy (non-hydrogen) atoms. The second-order valence-corrected chi connectivity index (χ2v) is 9.53. The van der Waals surface area contributed by atoms with Crippen LogP contribution < -0.4 is 10.0 Å². The molecular formula is C24H19FN4O3S. The molecule has 1 aliphatic rings. The Bertz CT molecular complexity index is 1440. The summed E-state index contributed by atoms with van der Waals surface area (Å²) >= 11 is 0. The summed E-state index contributed by atoms with van der Waals surface area (Å²) in [6, 6.07) is 16.2. The van der Waals surface area contributed by atoms with E-state index in [-0.39, 0.29) is 34.1 Å². The van der Waals surface area contributed by atoms with Crippen molar-refractivity contribution in [3.05, 3.63) is 90.6 Å². The molecule has 2 atom stereocenters. The van der Waals surface area contributed by atoms with Gasteiger partial charge in [0.25, 0.3) is 10.0 Å². The Kier molecular flexibility index (Phi) is 5.26. The van der Waals surface area contributed by atoms with Crippen LogP contribution in [0.25, 0.3) is 10.8 Å². The summed E-state index contributed by atoms with van der Waals surface area (Å²) in [6.45, 7) is 0. The minimum atomic E-state index is -3.77. The second kappa shape index (κ2) is 8.25. The minimum absolute atomic E-state index is 0.0433. The van der Waals surface area contributed by atoms with Gasteiger partial charge in [0.2, 0.25) is 5.91 Å². The van der Waals surface area contributed by atoms with Crippen molar-refractivity contribution in [1.29, 1.82) is 0 Å². The Labute approximate surface area is 189 Å². The van der Waals surface area contributed by atoms with E-state index in [0.29, 0.717) is 17.2 Å². The molecule has 5 rings (SSSR count). The van der Waals surface area contributed by atoms with Crippen LogP contribution in [0.3, 0.4) is 0 Å². The summed E-state index contributed by atoms with van der Waals surface area (Å²) in [6.07, 6.45) is 5.18. The quantitative estimate of drug-likeness (QED) is 0.445. The van der Waals surface area contributed by atoms with Gasteiger partial charge in [0.1, 0.15) is 5.82 Å². The number of rotatable bonds is 6. The van der Waals surface area contributed by atoms with Gasteiger partial charge in [0.05, 0.1) is 10.6 Å². The Morgan fingerprint density at radius 1 is 1.00 bits per heavy atom. The first-order chi connectivity index (χ1) is 15.9. The third-order valence-electron chi connectivity index (χ3n) is 5.66. The van der Waals surface area contributed by atoms with E-state index in [1.165, 1.54) is 30.6 Å². The molecule has 0 spiro atoms. The number of nitrogens with one attached hydrogen (secondary N) is 2. The number of hydrogen-bond donors (Lipinski definition) is 2. The first-order valence-electron chi connectivity index (χ1n) is 10.3. The van der Waals surface area contributed by atoms with E-state index in [4.69, 9.17) is 0 Å². The third kappa shape index (κ3) is 4.27. The van der Waals surface area contributed by atoms with Gasteiger partial charge in [-0.1, -0.05) is 24.3 Å². The molecule has 1 unspecified atom stereocenters. The number of nitrogens with zero attached hydrogens (tertiary/aromatic N) is 2. The first-order valence-corrected chi connectivity index (χ1v) is 11.8. The molecule has 4 aromatic rings. The van der Waals surface area contributed by atoms with Gasteiger partial charge in [0.15, 0.2) is 5.82 Å². The van der Waals surface area contributed by atoms with Crippen LogP contribution in [0.2, 0.25) is 0 Å². The lowest BCUT2D eigenvalue weighted by Gasteiger charge is -2.09. The molecule has 0 bridgehead atoms. The number of pyridine rings is 2. The number of sulfonamides is 1. The van der Waals surface area contributed by atoms with Crippen molar-refractivity contribution in [1.82, 2.24) is 9.97 Å². The summed E-state index contributed by atoms with van der Waals surface area (Å²) in [7, 11) is -3.77. The standard InChI is InChI=1S/C24H19FN4O3S/c25-23-18-10-12-26-14-16(18)6-9-21(23)28-24(30)20-13-19(20)15-4-7-17(8-5-15)33(31,32)29-22-3-1-2-11-27-22/h1-12,14,19-20H,13H2,(H,27,29)(H,28,30)/t19?,20-/m1/s1. The largest absolute Gasteiger partial charge is 0.323 e. The van der Waals surface area contributed by atoms with E-state index in [2.05, 4.69) is 20.0 Å². The zero-order chi connectivity index (χ0) is 23.0. The predicted octanol–water partition coefficient (Wildman–Crippen LogP) is 4.31. The fraction of sp³-hybridized carbons (Fsp3) is 0.125. The van der Waals surface area contributed by atoms with Crippen molar-refractivity contribution in [3.63, 3.8) is 0 Å². The molecule has 9 heteroatoms. The van der Waals surface area contributed by atoms with Crippen LogP contribution in [-0.4, -0.2) is 24.3 Å². The van der Waals surface area contributed by atoms with Crippen LogP contribution in [0.5, 0.6) is 0 Å². The zero-order valence-corrected chi connectivity index (χ0v) is 18.1. The summed E-state index contributed by atoms with van der Waals surface area (Å²) in [4.78, 5) is 20.7. The van der Waals surface area contributed by atoms with Crippen molar-refractivity contribution >= 4 is 38.2 Å². The fourth-order valence-corrected chi connectivity index (χ4v) is 4.83. The highest BCUT2D eigenvalue weighted by Crippen LogP contribution is 2.48. The topological polar surface area (TPSA) is 101 Å². The molecular weight excluding hydrogens is 443 g/mol. The summed E-state index contributed by atoms with van der Waals surface area (Å²) in [5.41, 5.74) is 0.989. The van der Waals surface area contributed by atoms with E-state index in [1.807, 2.05) is 0 Å². The molecule has 1 saturated carbocycles. The van der Waals surface area contributed by atoms with Gasteiger partial charge >= 0.3 is 0 Å². The molecule has 0 radical (unpaired) electrons. The van der Waals surface area contributed by atoms with Gasteiger partial charge in [-0.3, -0.25) is 14.5 Å². The Balaban J connectivity index is 1.26. The van der Waals surface area contributed by atoms with Crippen molar-refractivity contribution in [2.45, 2.75) is 17.2 Å². The van der Waals surface area contributed by atoms with Crippen molar-refractivity contribution in [2.75, 3.05) is 10.0 Å². The number of halogens is 1. The van der Waals surface area contributed by atoms with E-state index in [9.17, 15) is 17.6 Å². The molecule has 7 nitrogen and oxygen atoms in total. The maximum atomic E-state index is 14.7. The maximum absolute atomic E-state index is 14.7. The molecule has 2 N–H and O–H groups in total. The number of carbonyl (C=O) groups excluding carboxylic acids is 1. The van der Waals surface area contributed by atoms with Gasteiger partial charge < -0.3 is 5.32 Å². The van der Waals surface area contributed by atoms with Gasteiger partial charge in [-0.15, -0.1) is 0 Å². The molecule has 1 aliphatic carbocycles. The first kappa shape index (κ1) is 21.0. The number of hydrogen-bond acceptors (Lipinski definition) is 5. The number of carbonyl (C=O) groups is 1. The van der Waals surface area contributed by atoms with Gasteiger partial charge in [0, 0.05) is 35.3 Å². The zero-order valence-electron chi connectivity index (χ0n) is 17.3. The lowest BCUT2D eigenvalue weighted by atomic mass is 10.1. The molecule has 0 aliphatic heterocycles. The molecule has 166 valence electrons. The van der Waals surface area contributed by atoms with Crippen LogP contribution in [0.15, 0.2) is 84.1 Å². The normalized spacial score (nSPS) is 17.5. The highest BCUT2D eigenvalue weighted by Gasteiger charge is 2.44. The van der Waals surface area contributed by atoms with E-state index in [1.54, 1.807) is 48.7 Å². The SMILES string of the molecule is O=C(Nc1ccc2cnccc2c1F)[C@@H]1CC1c1ccc(S(=O)(=O)Nc2ccccn2)cc1. The number of amides is 1. The number of anilines is 2. The van der Waals surface area contributed by atoms with E-state index < -0.39 is 15.8 Å². The lowest BCUT2D eigenvalue weighted by Crippen LogP contribution is -2.16. The Morgan fingerprint density at radius 3 is 2.58 bits per heavy atom. The minimum Gasteiger partial charge on any atom is -0.323 e. The van der Waals surface area contributed by atoms with E-state index in [0.717, 1.165) is 5.56 Å². The van der Waals surface area contributed by atoms with Crippen LogP contribution in [-0.2, 0) is 14.8 Å². The highest BCUT2D eigenvalue weighted by molar-refractivity contribution is 7.92. The van der Waals surface area contributed by atoms with Crippen LogP contribution in [0.1, 0.15) is 17.9 Å². The average Bonchev–Trinajstić information content (AvgIpc) is 3.63. The average molecular weight is 463 g/mol. The monoisotopic (exact) mass is 462 g/mol. The van der Waals surface area contributed by atoms with Crippen LogP contribution in [0.4, 0.5) is 15.9 Å². The third-order valence-corrected chi connectivity index (χ3v) is 7.03. The van der Waals surface area contributed by atoms with Gasteiger partial charge in [-0.25, -0.2) is 17.8 Å². The van der Waals surface area contributed by atoms with Gasteiger partial charge in [-0.05, 0) is 54.3 Å². The molecule has 1 amide bonds. The highest BCUT2D eigenvalue weighted by atomic mass is 32.2. The van der Waals surface area contributed by atoms with Crippen molar-refractivity contribution in [2.24, 2.45) is 5.92 Å². The smallest absolute Gasteiger partial charge is 0.263 e. The van der Waals surface area contributed by atoms with Gasteiger partial charge in [-0.2, -0.15) is 0 Å². The van der Waals surface area contributed by atoms with Crippen LogP contribution >= 0.6 is 0 Å². The predicted molar refractivity (Wildman–Crippen MR) is 123 cm³/mol.